The Morgan fingerprint density at radius 2 is 2.00 bits per heavy atom. The summed E-state index contributed by atoms with van der Waals surface area (Å²) in [6, 6.07) is 16.3. The van der Waals surface area contributed by atoms with Crippen molar-refractivity contribution >= 4 is 23.1 Å². The van der Waals surface area contributed by atoms with Gasteiger partial charge in [0.2, 0.25) is 0 Å². The Morgan fingerprint density at radius 3 is 2.74 bits per heavy atom. The van der Waals surface area contributed by atoms with Crippen molar-refractivity contribution in [3.63, 3.8) is 0 Å². The summed E-state index contributed by atoms with van der Waals surface area (Å²) in [5.74, 6) is 0.302. The molecule has 0 bridgehead atoms. The maximum atomic E-state index is 13.1. The highest BCUT2D eigenvalue weighted by atomic mass is 35.5. The number of aliphatic hydroxyl groups excluding tert-OH is 2. The average molecular weight is 442 g/mol. The van der Waals surface area contributed by atoms with Gasteiger partial charge in [0.1, 0.15) is 17.7 Å². The molecule has 1 aromatic heterocycles. The summed E-state index contributed by atoms with van der Waals surface area (Å²) < 4.78 is 13.1. The van der Waals surface area contributed by atoms with Crippen molar-refractivity contribution in [1.82, 2.24) is 4.98 Å². The molecule has 2 unspecified atom stereocenters. The van der Waals surface area contributed by atoms with Gasteiger partial charge in [-0.3, -0.25) is 0 Å². The molecule has 5 nitrogen and oxygen atoms in total. The molecule has 0 radical (unpaired) electrons. The van der Waals surface area contributed by atoms with Crippen molar-refractivity contribution in [3.8, 4) is 0 Å². The SMILES string of the molecule is OCCc1cc(C(O)c2cccc(Cl)c2)ccc1N1CCC(Nc2ccc(F)cn2)C1. The maximum Gasteiger partial charge on any atom is 0.141 e. The summed E-state index contributed by atoms with van der Waals surface area (Å²) in [7, 11) is 0. The van der Waals surface area contributed by atoms with Gasteiger partial charge in [-0.1, -0.05) is 35.9 Å². The van der Waals surface area contributed by atoms with Crippen molar-refractivity contribution in [3.05, 3.63) is 88.3 Å². The highest BCUT2D eigenvalue weighted by Crippen LogP contribution is 2.31. The van der Waals surface area contributed by atoms with E-state index in [-0.39, 0.29) is 18.5 Å². The predicted molar refractivity (Wildman–Crippen MR) is 121 cm³/mol. The van der Waals surface area contributed by atoms with Crippen LogP contribution in [0.4, 0.5) is 15.9 Å². The molecule has 0 aliphatic carbocycles. The van der Waals surface area contributed by atoms with Crippen LogP contribution < -0.4 is 10.2 Å². The topological polar surface area (TPSA) is 68.6 Å². The highest BCUT2D eigenvalue weighted by Gasteiger charge is 2.25. The molecular weight excluding hydrogens is 417 g/mol. The van der Waals surface area contributed by atoms with E-state index in [1.54, 1.807) is 18.2 Å². The summed E-state index contributed by atoms with van der Waals surface area (Å²) in [6.45, 7) is 1.65. The second-order valence-corrected chi connectivity index (χ2v) is 8.19. The molecule has 0 amide bonds. The van der Waals surface area contributed by atoms with Crippen LogP contribution in [0.3, 0.4) is 0 Å². The van der Waals surface area contributed by atoms with E-state index >= 15 is 0 Å². The Morgan fingerprint density at radius 1 is 1.16 bits per heavy atom. The second kappa shape index (κ2) is 9.64. The van der Waals surface area contributed by atoms with Gasteiger partial charge in [-0.25, -0.2) is 9.37 Å². The molecule has 1 aliphatic heterocycles. The van der Waals surface area contributed by atoms with Gasteiger partial charge in [-0.05, 0) is 59.9 Å². The Balaban J connectivity index is 1.51. The van der Waals surface area contributed by atoms with Crippen LogP contribution in [0, 0.1) is 5.82 Å². The average Bonchev–Trinajstić information content (AvgIpc) is 3.23. The Kier molecular flexibility index (Phi) is 6.70. The lowest BCUT2D eigenvalue weighted by atomic mass is 9.97. The van der Waals surface area contributed by atoms with Gasteiger partial charge in [0.05, 0.1) is 6.20 Å². The number of rotatable bonds is 7. The molecule has 4 rings (SSSR count). The van der Waals surface area contributed by atoms with E-state index in [0.717, 1.165) is 41.9 Å². The number of nitrogens with zero attached hydrogens (tertiary/aromatic N) is 2. The number of aromatic nitrogens is 1. The molecule has 2 heterocycles. The number of halogens is 2. The zero-order valence-electron chi connectivity index (χ0n) is 17.0. The maximum absolute atomic E-state index is 13.1. The Hall–Kier alpha value is -2.67. The monoisotopic (exact) mass is 441 g/mol. The van der Waals surface area contributed by atoms with E-state index in [0.29, 0.717) is 17.3 Å². The first-order valence-electron chi connectivity index (χ1n) is 10.3. The number of hydrogen-bond donors (Lipinski definition) is 3. The van der Waals surface area contributed by atoms with Crippen molar-refractivity contribution in [1.29, 1.82) is 0 Å². The predicted octanol–water partition coefficient (Wildman–Crippen LogP) is 4.18. The fourth-order valence-corrected chi connectivity index (χ4v) is 4.24. The first kappa shape index (κ1) is 21.6. The fraction of sp³-hybridized carbons (Fsp3) is 0.292. The van der Waals surface area contributed by atoms with E-state index in [9.17, 15) is 14.6 Å². The molecule has 1 saturated heterocycles. The van der Waals surface area contributed by atoms with E-state index in [1.807, 2.05) is 30.3 Å². The van der Waals surface area contributed by atoms with Crippen molar-refractivity contribution in [2.75, 3.05) is 29.9 Å². The lowest BCUT2D eigenvalue weighted by molar-refractivity contribution is 0.220. The van der Waals surface area contributed by atoms with Crippen molar-refractivity contribution in [2.24, 2.45) is 0 Å². The van der Waals surface area contributed by atoms with E-state index in [4.69, 9.17) is 11.6 Å². The number of pyridine rings is 1. The minimum absolute atomic E-state index is 0.0265. The van der Waals surface area contributed by atoms with Crippen LogP contribution >= 0.6 is 11.6 Å². The molecule has 3 N–H and O–H groups in total. The van der Waals surface area contributed by atoms with E-state index in [1.165, 1.54) is 12.3 Å². The summed E-state index contributed by atoms with van der Waals surface area (Å²) >= 11 is 6.07. The van der Waals surface area contributed by atoms with Gasteiger partial charge >= 0.3 is 0 Å². The minimum Gasteiger partial charge on any atom is -0.396 e. The molecule has 1 aliphatic rings. The van der Waals surface area contributed by atoms with Gasteiger partial charge in [0.25, 0.3) is 0 Å². The normalized spacial score (nSPS) is 17.0. The number of nitrogens with one attached hydrogen (secondary N) is 1. The van der Waals surface area contributed by atoms with E-state index < -0.39 is 6.10 Å². The third-order valence-electron chi connectivity index (χ3n) is 5.57. The minimum atomic E-state index is -0.789. The number of anilines is 2. The molecule has 162 valence electrons. The number of aliphatic hydroxyl groups is 2. The van der Waals surface area contributed by atoms with E-state index in [2.05, 4.69) is 15.2 Å². The van der Waals surface area contributed by atoms with Crippen LogP contribution in [0.15, 0.2) is 60.8 Å². The zero-order valence-corrected chi connectivity index (χ0v) is 17.8. The number of hydrogen-bond acceptors (Lipinski definition) is 5. The third-order valence-corrected chi connectivity index (χ3v) is 5.81. The summed E-state index contributed by atoms with van der Waals surface area (Å²) in [5.41, 5.74) is 3.53. The van der Waals surface area contributed by atoms with Crippen LogP contribution in [-0.2, 0) is 6.42 Å². The third kappa shape index (κ3) is 5.15. The Labute approximate surface area is 186 Å². The summed E-state index contributed by atoms with van der Waals surface area (Å²) in [4.78, 5) is 6.34. The smallest absolute Gasteiger partial charge is 0.141 e. The van der Waals surface area contributed by atoms with Crippen molar-refractivity contribution < 1.29 is 14.6 Å². The van der Waals surface area contributed by atoms with Gasteiger partial charge < -0.3 is 20.4 Å². The van der Waals surface area contributed by atoms with Crippen LogP contribution in [0.25, 0.3) is 0 Å². The van der Waals surface area contributed by atoms with Crippen LogP contribution in [0.2, 0.25) is 5.02 Å². The fourth-order valence-electron chi connectivity index (χ4n) is 4.04. The molecule has 0 saturated carbocycles. The lowest BCUT2D eigenvalue weighted by Crippen LogP contribution is -2.27. The molecule has 3 aromatic rings. The van der Waals surface area contributed by atoms with Gasteiger partial charge in [-0.15, -0.1) is 0 Å². The summed E-state index contributed by atoms with van der Waals surface area (Å²) in [5, 5.41) is 24.3. The molecule has 7 heteroatoms. The largest absolute Gasteiger partial charge is 0.396 e. The summed E-state index contributed by atoms with van der Waals surface area (Å²) in [6.07, 6.45) is 1.84. The lowest BCUT2D eigenvalue weighted by Gasteiger charge is -2.24. The van der Waals surface area contributed by atoms with Crippen LogP contribution in [-0.4, -0.2) is 40.9 Å². The molecule has 0 spiro atoms. The quantitative estimate of drug-likeness (QED) is 0.513. The number of benzene rings is 2. The van der Waals surface area contributed by atoms with Gasteiger partial charge in [0.15, 0.2) is 0 Å². The van der Waals surface area contributed by atoms with Gasteiger partial charge in [0, 0.05) is 36.4 Å². The molecule has 31 heavy (non-hydrogen) atoms. The molecule has 2 aromatic carbocycles. The van der Waals surface area contributed by atoms with Gasteiger partial charge in [-0.2, -0.15) is 0 Å². The Bertz CT molecular complexity index is 1030. The zero-order chi connectivity index (χ0) is 21.8. The van der Waals surface area contributed by atoms with Crippen molar-refractivity contribution in [2.45, 2.75) is 25.0 Å². The second-order valence-electron chi connectivity index (χ2n) is 7.76. The first-order valence-corrected chi connectivity index (χ1v) is 10.7. The standard InChI is InChI=1S/C24H25ClFN3O2/c25-19-3-1-2-17(13-19)24(31)18-4-6-22(16(12-18)9-11-30)29-10-8-21(15-29)28-23-7-5-20(26)14-27-23/h1-7,12-14,21,24,30-31H,8-11,15H2,(H,27,28). The molecule has 2 atom stereocenters. The first-order chi connectivity index (χ1) is 15.0. The van der Waals surface area contributed by atoms with Crippen LogP contribution in [0.5, 0.6) is 0 Å². The molecule has 1 fully saturated rings. The highest BCUT2D eigenvalue weighted by molar-refractivity contribution is 6.30. The molecular formula is C24H25ClFN3O2. The van der Waals surface area contributed by atoms with Crippen LogP contribution in [0.1, 0.15) is 29.2 Å².